The van der Waals surface area contributed by atoms with Gasteiger partial charge in [-0.2, -0.15) is 0 Å². The molecule has 0 bridgehead atoms. The van der Waals surface area contributed by atoms with E-state index in [1.54, 1.807) is 24.1 Å². The number of nitrogens with one attached hydrogen (secondary N) is 1. The molecule has 1 N–H and O–H groups in total. The van der Waals surface area contributed by atoms with Crippen molar-refractivity contribution in [3.63, 3.8) is 0 Å². The number of hydrogen-bond donors (Lipinski definition) is 1. The number of carbonyl (C=O) groups excluding carboxylic acids is 1. The zero-order valence-corrected chi connectivity index (χ0v) is 11.9. The van der Waals surface area contributed by atoms with Crippen LogP contribution < -0.4 is 9.62 Å². The predicted octanol–water partition coefficient (Wildman–Crippen LogP) is 0.273. The van der Waals surface area contributed by atoms with Gasteiger partial charge in [-0.25, -0.2) is 13.1 Å². The van der Waals surface area contributed by atoms with E-state index in [0.29, 0.717) is 19.6 Å². The van der Waals surface area contributed by atoms with Crippen molar-refractivity contribution in [3.8, 4) is 0 Å². The average Bonchev–Trinajstić information content (AvgIpc) is 2.98. The van der Waals surface area contributed by atoms with Crippen LogP contribution in [0.3, 0.4) is 0 Å². The van der Waals surface area contributed by atoms with Gasteiger partial charge in [-0.15, -0.1) is 0 Å². The number of sulfonamides is 1. The SMILES string of the molecule is CN1C(=O)Cc2cc(S(=O)(=O)NC3CCOC3)ccc21. The lowest BCUT2D eigenvalue weighted by atomic mass is 10.2. The third-order valence-electron chi connectivity index (χ3n) is 3.69. The van der Waals surface area contributed by atoms with Crippen molar-refractivity contribution in [3.05, 3.63) is 23.8 Å². The number of likely N-dealkylation sites (N-methyl/N-ethyl adjacent to an activating group) is 1. The molecule has 1 atom stereocenters. The number of benzene rings is 1. The summed E-state index contributed by atoms with van der Waals surface area (Å²) in [6.07, 6.45) is 0.938. The van der Waals surface area contributed by atoms with E-state index in [0.717, 1.165) is 11.3 Å². The molecule has 2 aliphatic heterocycles. The highest BCUT2D eigenvalue weighted by atomic mass is 32.2. The number of nitrogens with zero attached hydrogens (tertiary/aromatic N) is 1. The van der Waals surface area contributed by atoms with Crippen LogP contribution in [0.15, 0.2) is 23.1 Å². The molecule has 0 saturated carbocycles. The minimum Gasteiger partial charge on any atom is -0.380 e. The fourth-order valence-corrected chi connectivity index (χ4v) is 3.83. The second-order valence-electron chi connectivity index (χ2n) is 5.10. The summed E-state index contributed by atoms with van der Waals surface area (Å²) in [7, 11) is -1.87. The summed E-state index contributed by atoms with van der Waals surface area (Å²) in [6.45, 7) is 0.988. The molecule has 1 amide bonds. The maximum absolute atomic E-state index is 12.3. The van der Waals surface area contributed by atoms with Gasteiger partial charge in [0.15, 0.2) is 0 Å². The van der Waals surface area contributed by atoms with Crippen molar-refractivity contribution >= 4 is 21.6 Å². The zero-order valence-electron chi connectivity index (χ0n) is 11.1. The first-order valence-electron chi connectivity index (χ1n) is 6.47. The van der Waals surface area contributed by atoms with Gasteiger partial charge in [-0.3, -0.25) is 4.79 Å². The van der Waals surface area contributed by atoms with Crippen LogP contribution in [0.2, 0.25) is 0 Å². The van der Waals surface area contributed by atoms with E-state index < -0.39 is 10.0 Å². The van der Waals surface area contributed by atoms with Crippen LogP contribution in [0.1, 0.15) is 12.0 Å². The highest BCUT2D eigenvalue weighted by Gasteiger charge is 2.28. The lowest BCUT2D eigenvalue weighted by Crippen LogP contribution is -2.35. The molecule has 6 nitrogen and oxygen atoms in total. The molecule has 1 unspecified atom stereocenters. The monoisotopic (exact) mass is 296 g/mol. The van der Waals surface area contributed by atoms with Gasteiger partial charge in [0.25, 0.3) is 0 Å². The first-order chi connectivity index (χ1) is 9.47. The number of rotatable bonds is 3. The van der Waals surface area contributed by atoms with Gasteiger partial charge in [-0.1, -0.05) is 0 Å². The summed E-state index contributed by atoms with van der Waals surface area (Å²) in [5, 5.41) is 0. The largest absolute Gasteiger partial charge is 0.380 e. The standard InChI is InChI=1S/C13H16N2O4S/c1-15-12-3-2-11(6-9(12)7-13(15)16)20(17,18)14-10-4-5-19-8-10/h2-3,6,10,14H,4-5,7-8H2,1H3. The van der Waals surface area contributed by atoms with Gasteiger partial charge in [0.1, 0.15) is 0 Å². The number of carbonyl (C=O) groups is 1. The second-order valence-corrected chi connectivity index (χ2v) is 6.82. The Bertz CT molecular complexity index is 650. The number of anilines is 1. The molecule has 0 aliphatic carbocycles. The summed E-state index contributed by atoms with van der Waals surface area (Å²) in [5.41, 5.74) is 1.53. The van der Waals surface area contributed by atoms with E-state index in [-0.39, 0.29) is 23.3 Å². The molecular formula is C13H16N2O4S. The predicted molar refractivity (Wildman–Crippen MR) is 73.1 cm³/mol. The average molecular weight is 296 g/mol. The summed E-state index contributed by atoms with van der Waals surface area (Å²) < 4.78 is 32.4. The van der Waals surface area contributed by atoms with Crippen LogP contribution >= 0.6 is 0 Å². The van der Waals surface area contributed by atoms with Gasteiger partial charge in [0.05, 0.1) is 17.9 Å². The molecule has 20 heavy (non-hydrogen) atoms. The molecule has 1 fully saturated rings. The molecule has 1 aromatic rings. The van der Waals surface area contributed by atoms with Crippen molar-refractivity contribution in [1.29, 1.82) is 0 Å². The van der Waals surface area contributed by atoms with E-state index in [2.05, 4.69) is 4.72 Å². The third kappa shape index (κ3) is 2.32. The van der Waals surface area contributed by atoms with E-state index in [4.69, 9.17) is 4.74 Å². The summed E-state index contributed by atoms with van der Waals surface area (Å²) in [5.74, 6) is -0.0216. The lowest BCUT2D eigenvalue weighted by molar-refractivity contribution is -0.117. The summed E-state index contributed by atoms with van der Waals surface area (Å²) >= 11 is 0. The smallest absolute Gasteiger partial charge is 0.240 e. The topological polar surface area (TPSA) is 75.7 Å². The highest BCUT2D eigenvalue weighted by molar-refractivity contribution is 7.89. The quantitative estimate of drug-likeness (QED) is 0.869. The van der Waals surface area contributed by atoms with Crippen LogP contribution in [0, 0.1) is 0 Å². The molecular weight excluding hydrogens is 280 g/mol. The molecule has 1 aromatic carbocycles. The number of fused-ring (bicyclic) bond motifs is 1. The first kappa shape index (κ1) is 13.5. The first-order valence-corrected chi connectivity index (χ1v) is 7.95. The Labute approximate surface area is 117 Å². The number of hydrogen-bond acceptors (Lipinski definition) is 4. The normalized spacial score (nSPS) is 22.4. The fourth-order valence-electron chi connectivity index (χ4n) is 2.53. The Balaban J connectivity index is 1.87. The number of amides is 1. The summed E-state index contributed by atoms with van der Waals surface area (Å²) in [4.78, 5) is 13.4. The molecule has 1 saturated heterocycles. The van der Waals surface area contributed by atoms with Gasteiger partial charge in [0.2, 0.25) is 15.9 Å². The second kappa shape index (κ2) is 4.83. The van der Waals surface area contributed by atoms with Crippen molar-refractivity contribution < 1.29 is 17.9 Å². The summed E-state index contributed by atoms with van der Waals surface area (Å²) in [6, 6.07) is 4.62. The van der Waals surface area contributed by atoms with Crippen LogP contribution in [-0.4, -0.2) is 40.6 Å². The van der Waals surface area contributed by atoms with Crippen LogP contribution in [0.4, 0.5) is 5.69 Å². The van der Waals surface area contributed by atoms with E-state index in [1.165, 1.54) is 6.07 Å². The molecule has 0 aromatic heterocycles. The van der Waals surface area contributed by atoms with Crippen molar-refractivity contribution in [2.75, 3.05) is 25.2 Å². The molecule has 2 heterocycles. The zero-order chi connectivity index (χ0) is 14.3. The lowest BCUT2D eigenvalue weighted by Gasteiger charge is -2.13. The van der Waals surface area contributed by atoms with Crippen molar-refractivity contribution in [2.45, 2.75) is 23.8 Å². The van der Waals surface area contributed by atoms with Gasteiger partial charge in [0, 0.05) is 25.4 Å². The third-order valence-corrected chi connectivity index (χ3v) is 5.21. The van der Waals surface area contributed by atoms with Crippen molar-refractivity contribution in [2.24, 2.45) is 0 Å². The van der Waals surface area contributed by atoms with E-state index in [9.17, 15) is 13.2 Å². The fraction of sp³-hybridized carbons (Fsp3) is 0.462. The molecule has 7 heteroatoms. The Kier molecular flexibility index (Phi) is 3.27. The van der Waals surface area contributed by atoms with E-state index >= 15 is 0 Å². The Morgan fingerprint density at radius 3 is 2.90 bits per heavy atom. The van der Waals surface area contributed by atoms with Gasteiger partial charge >= 0.3 is 0 Å². The van der Waals surface area contributed by atoms with Crippen molar-refractivity contribution in [1.82, 2.24) is 4.72 Å². The van der Waals surface area contributed by atoms with Crippen LogP contribution in [0.5, 0.6) is 0 Å². The highest BCUT2D eigenvalue weighted by Crippen LogP contribution is 2.29. The maximum Gasteiger partial charge on any atom is 0.240 e. The Hall–Kier alpha value is -1.44. The van der Waals surface area contributed by atoms with Gasteiger partial charge in [-0.05, 0) is 30.2 Å². The van der Waals surface area contributed by atoms with Crippen LogP contribution in [-0.2, 0) is 26.0 Å². The molecule has 3 rings (SSSR count). The molecule has 2 aliphatic rings. The minimum atomic E-state index is -3.56. The van der Waals surface area contributed by atoms with E-state index in [1.807, 2.05) is 0 Å². The molecule has 0 radical (unpaired) electrons. The maximum atomic E-state index is 12.3. The minimum absolute atomic E-state index is 0.0216. The van der Waals surface area contributed by atoms with Gasteiger partial charge < -0.3 is 9.64 Å². The Morgan fingerprint density at radius 1 is 1.40 bits per heavy atom. The molecule has 0 spiro atoms. The number of ether oxygens (including phenoxy) is 1. The Morgan fingerprint density at radius 2 is 2.20 bits per heavy atom. The molecule has 108 valence electrons. The van der Waals surface area contributed by atoms with Crippen LogP contribution in [0.25, 0.3) is 0 Å².